The Balaban J connectivity index is 2.42. The Morgan fingerprint density at radius 3 is 2.21 bits per heavy atom. The molecular weight excluding hydrogens is 272 g/mol. The number of imide groups is 2. The summed E-state index contributed by atoms with van der Waals surface area (Å²) < 4.78 is 23.2. The highest BCUT2D eigenvalue weighted by atomic mass is 32.2. The number of hydrogen-bond acceptors (Lipinski definition) is 5. The van der Waals surface area contributed by atoms with Crippen LogP contribution < -0.4 is 5.32 Å². The van der Waals surface area contributed by atoms with Gasteiger partial charge in [-0.1, -0.05) is 0 Å². The van der Waals surface area contributed by atoms with Gasteiger partial charge in [-0.2, -0.15) is 0 Å². The van der Waals surface area contributed by atoms with Crippen LogP contribution in [0.25, 0.3) is 0 Å². The second-order valence-corrected chi connectivity index (χ2v) is 8.05. The highest BCUT2D eigenvalue weighted by molar-refractivity contribution is 7.91. The molecule has 0 saturated carbocycles. The summed E-state index contributed by atoms with van der Waals surface area (Å²) in [7, 11) is -3.26. The fourth-order valence-corrected chi connectivity index (χ4v) is 4.55. The number of sulfone groups is 1. The minimum atomic E-state index is -3.26. The number of barbiturate groups is 1. The van der Waals surface area contributed by atoms with Gasteiger partial charge in [-0.3, -0.25) is 19.8 Å². The second-order valence-electron chi connectivity index (χ2n) is 5.86. The molecule has 2 heterocycles. The van der Waals surface area contributed by atoms with Crippen molar-refractivity contribution in [1.29, 1.82) is 0 Å². The Morgan fingerprint density at radius 1 is 1.16 bits per heavy atom. The van der Waals surface area contributed by atoms with Crippen LogP contribution in [0.4, 0.5) is 4.79 Å². The van der Waals surface area contributed by atoms with E-state index in [1.807, 2.05) is 0 Å². The summed E-state index contributed by atoms with van der Waals surface area (Å²) in [4.78, 5) is 36.7. The molecule has 0 aromatic carbocycles. The molecule has 8 heteroatoms. The molecule has 2 aliphatic rings. The standard InChI is InChI=1S/C11H16N2O5S/c1-10(2)7(14)12-9(16)13(8(10)15)11(3)4-5-19(17,18)6-11/h4-6H2,1-3H3,(H,12,14,16). The van der Waals surface area contributed by atoms with Crippen LogP contribution in [-0.4, -0.2) is 48.2 Å². The van der Waals surface area contributed by atoms with Crippen molar-refractivity contribution in [1.82, 2.24) is 10.2 Å². The van der Waals surface area contributed by atoms with E-state index in [4.69, 9.17) is 0 Å². The van der Waals surface area contributed by atoms with Crippen LogP contribution in [0.5, 0.6) is 0 Å². The minimum Gasteiger partial charge on any atom is -0.277 e. The largest absolute Gasteiger partial charge is 0.331 e. The van der Waals surface area contributed by atoms with Crippen molar-refractivity contribution in [2.24, 2.45) is 5.41 Å². The van der Waals surface area contributed by atoms with Gasteiger partial charge in [0.1, 0.15) is 5.41 Å². The lowest BCUT2D eigenvalue weighted by Crippen LogP contribution is -2.68. The molecule has 1 N–H and O–H groups in total. The fourth-order valence-electron chi connectivity index (χ4n) is 2.44. The van der Waals surface area contributed by atoms with E-state index in [1.165, 1.54) is 13.8 Å². The molecule has 106 valence electrons. The quantitative estimate of drug-likeness (QED) is 0.666. The molecule has 0 aromatic heterocycles. The number of carbonyl (C=O) groups excluding carboxylic acids is 3. The Kier molecular flexibility index (Phi) is 2.78. The molecule has 2 fully saturated rings. The first-order chi connectivity index (χ1) is 8.50. The molecule has 1 atom stereocenters. The predicted molar refractivity (Wildman–Crippen MR) is 65.8 cm³/mol. The van der Waals surface area contributed by atoms with Crippen LogP contribution in [0.15, 0.2) is 0 Å². The third-order valence-corrected chi connectivity index (χ3v) is 5.64. The Labute approximate surface area is 111 Å². The zero-order chi connectivity index (χ0) is 14.6. The van der Waals surface area contributed by atoms with E-state index in [0.717, 1.165) is 4.90 Å². The van der Waals surface area contributed by atoms with Gasteiger partial charge < -0.3 is 0 Å². The van der Waals surface area contributed by atoms with Crippen molar-refractivity contribution in [2.75, 3.05) is 11.5 Å². The number of rotatable bonds is 1. The molecule has 0 aromatic rings. The summed E-state index contributed by atoms with van der Waals surface area (Å²) in [5, 5.41) is 2.11. The van der Waals surface area contributed by atoms with Crippen molar-refractivity contribution in [3.05, 3.63) is 0 Å². The van der Waals surface area contributed by atoms with Crippen LogP contribution in [0, 0.1) is 5.41 Å². The monoisotopic (exact) mass is 288 g/mol. The molecule has 7 nitrogen and oxygen atoms in total. The maximum absolute atomic E-state index is 12.3. The molecule has 2 saturated heterocycles. The average Bonchev–Trinajstić information content (AvgIpc) is 2.51. The topological polar surface area (TPSA) is 101 Å². The van der Waals surface area contributed by atoms with E-state index in [1.54, 1.807) is 6.92 Å². The lowest BCUT2D eigenvalue weighted by atomic mass is 9.85. The molecular formula is C11H16N2O5S. The van der Waals surface area contributed by atoms with E-state index in [-0.39, 0.29) is 17.9 Å². The van der Waals surface area contributed by atoms with E-state index < -0.39 is 38.6 Å². The molecule has 1 unspecified atom stereocenters. The molecule has 0 spiro atoms. The second kappa shape index (κ2) is 3.78. The van der Waals surface area contributed by atoms with E-state index in [2.05, 4.69) is 5.32 Å². The zero-order valence-electron chi connectivity index (χ0n) is 11.0. The molecule has 19 heavy (non-hydrogen) atoms. The highest BCUT2D eigenvalue weighted by Crippen LogP contribution is 2.35. The van der Waals surface area contributed by atoms with E-state index >= 15 is 0 Å². The summed E-state index contributed by atoms with van der Waals surface area (Å²) in [6.45, 7) is 4.38. The third-order valence-electron chi connectivity index (χ3n) is 3.75. The third kappa shape index (κ3) is 2.03. The lowest BCUT2D eigenvalue weighted by Gasteiger charge is -2.42. The van der Waals surface area contributed by atoms with Gasteiger partial charge in [0.05, 0.1) is 17.0 Å². The van der Waals surface area contributed by atoms with Crippen LogP contribution in [0.3, 0.4) is 0 Å². The molecule has 4 amide bonds. The first-order valence-corrected chi connectivity index (χ1v) is 7.72. The van der Waals surface area contributed by atoms with E-state index in [0.29, 0.717) is 0 Å². The molecule has 0 radical (unpaired) electrons. The lowest BCUT2D eigenvalue weighted by molar-refractivity contribution is -0.152. The van der Waals surface area contributed by atoms with Crippen LogP contribution in [0.2, 0.25) is 0 Å². The zero-order valence-corrected chi connectivity index (χ0v) is 11.8. The molecule has 0 aliphatic carbocycles. The number of nitrogens with zero attached hydrogens (tertiary/aromatic N) is 1. The minimum absolute atomic E-state index is 0.0606. The molecule has 2 aliphatic heterocycles. The Morgan fingerprint density at radius 2 is 1.74 bits per heavy atom. The maximum atomic E-state index is 12.3. The first-order valence-electron chi connectivity index (χ1n) is 5.90. The van der Waals surface area contributed by atoms with Crippen molar-refractivity contribution in [2.45, 2.75) is 32.7 Å². The smallest absolute Gasteiger partial charge is 0.277 e. The number of carbonyl (C=O) groups is 3. The maximum Gasteiger partial charge on any atom is 0.331 e. The fraction of sp³-hybridized carbons (Fsp3) is 0.727. The van der Waals surface area contributed by atoms with Gasteiger partial charge in [-0.25, -0.2) is 13.2 Å². The highest BCUT2D eigenvalue weighted by Gasteiger charge is 2.55. The number of nitrogens with one attached hydrogen (secondary N) is 1. The van der Waals surface area contributed by atoms with Crippen molar-refractivity contribution in [3.8, 4) is 0 Å². The number of hydrogen-bond donors (Lipinski definition) is 1. The van der Waals surface area contributed by atoms with Gasteiger partial charge in [0.25, 0.3) is 0 Å². The summed E-state index contributed by atoms with van der Waals surface area (Å²) in [5.41, 5.74) is -2.46. The summed E-state index contributed by atoms with van der Waals surface area (Å²) in [5.74, 6) is -1.64. The van der Waals surface area contributed by atoms with Gasteiger partial charge >= 0.3 is 6.03 Å². The van der Waals surface area contributed by atoms with E-state index in [9.17, 15) is 22.8 Å². The first kappa shape index (κ1) is 14.0. The van der Waals surface area contributed by atoms with Crippen LogP contribution in [0.1, 0.15) is 27.2 Å². The van der Waals surface area contributed by atoms with Gasteiger partial charge in [0.2, 0.25) is 11.8 Å². The molecule has 0 bridgehead atoms. The summed E-state index contributed by atoms with van der Waals surface area (Å²) >= 11 is 0. The Bertz CT molecular complexity index is 580. The van der Waals surface area contributed by atoms with Gasteiger partial charge in [0, 0.05) is 0 Å². The Hall–Kier alpha value is -1.44. The summed E-state index contributed by atoms with van der Waals surface area (Å²) in [6.07, 6.45) is 0.193. The van der Waals surface area contributed by atoms with Crippen LogP contribution in [-0.2, 0) is 19.4 Å². The van der Waals surface area contributed by atoms with Gasteiger partial charge in [-0.15, -0.1) is 0 Å². The van der Waals surface area contributed by atoms with Crippen molar-refractivity contribution in [3.63, 3.8) is 0 Å². The van der Waals surface area contributed by atoms with Crippen LogP contribution >= 0.6 is 0 Å². The van der Waals surface area contributed by atoms with Gasteiger partial charge in [-0.05, 0) is 27.2 Å². The van der Waals surface area contributed by atoms with Crippen molar-refractivity contribution >= 4 is 27.7 Å². The summed E-state index contributed by atoms with van der Waals surface area (Å²) in [6, 6.07) is -0.839. The molecule has 2 rings (SSSR count). The average molecular weight is 288 g/mol. The van der Waals surface area contributed by atoms with Gasteiger partial charge in [0.15, 0.2) is 9.84 Å². The van der Waals surface area contributed by atoms with Crippen molar-refractivity contribution < 1.29 is 22.8 Å². The SMILES string of the molecule is CC1(C)C(=O)NC(=O)N(C2(C)CCS(=O)(=O)C2)C1=O. The predicted octanol–water partition coefficient (Wildman–Crippen LogP) is -0.332. The number of urea groups is 1. The number of amides is 4. The normalized spacial score (nSPS) is 33.4.